The number of hydrogen-bond donors (Lipinski definition) is 0. The van der Waals surface area contributed by atoms with Crippen LogP contribution in [-0.4, -0.2) is 19.6 Å². The van der Waals surface area contributed by atoms with Crippen LogP contribution in [0.3, 0.4) is 0 Å². The van der Waals surface area contributed by atoms with Gasteiger partial charge in [0.15, 0.2) is 10.8 Å². The van der Waals surface area contributed by atoms with Crippen LogP contribution in [0.2, 0.25) is 5.15 Å². The maximum Gasteiger partial charge on any atom is 0.452 e. The fraction of sp³-hybridized carbons (Fsp3) is 0.500. The predicted molar refractivity (Wildman–Crippen MR) is 57.4 cm³/mol. The molecule has 0 saturated heterocycles. The Morgan fingerprint density at radius 1 is 1.11 bits per heavy atom. The van der Waals surface area contributed by atoms with E-state index in [-0.39, 0.29) is 10.8 Å². The van der Waals surface area contributed by atoms with Crippen molar-refractivity contribution in [3.63, 3.8) is 0 Å². The highest BCUT2D eigenvalue weighted by Gasteiger charge is 2.38. The zero-order valence-electron chi connectivity index (χ0n) is 9.13. The zero-order valence-corrected chi connectivity index (χ0v) is 9.89. The first-order valence-corrected chi connectivity index (χ1v) is 5.86. The summed E-state index contributed by atoms with van der Waals surface area (Å²) in [5.41, 5.74) is 1.12. The lowest BCUT2D eigenvalue weighted by molar-refractivity contribution is -0.145. The lowest BCUT2D eigenvalue weighted by Crippen LogP contribution is -2.17. The quantitative estimate of drug-likeness (QED) is 0.743. The van der Waals surface area contributed by atoms with Gasteiger partial charge < -0.3 is 0 Å². The summed E-state index contributed by atoms with van der Waals surface area (Å²) < 4.78 is 39.6. The molecule has 3 rings (SSSR count). The van der Waals surface area contributed by atoms with E-state index in [9.17, 15) is 13.2 Å². The SMILES string of the molecule is FC(F)(F)c1nnc2c(Cl)nc3c(n12)CCCC3. The van der Waals surface area contributed by atoms with Crippen LogP contribution in [0.5, 0.6) is 0 Å². The summed E-state index contributed by atoms with van der Waals surface area (Å²) in [7, 11) is 0. The van der Waals surface area contributed by atoms with Gasteiger partial charge in [-0.05, 0) is 25.7 Å². The lowest BCUT2D eigenvalue weighted by atomic mass is 10.0. The normalized spacial score (nSPS) is 16.0. The van der Waals surface area contributed by atoms with Gasteiger partial charge in [0, 0.05) is 5.69 Å². The van der Waals surface area contributed by atoms with Crippen molar-refractivity contribution in [2.75, 3.05) is 0 Å². The van der Waals surface area contributed by atoms with Crippen LogP contribution in [0.4, 0.5) is 13.2 Å². The molecule has 0 aromatic carbocycles. The topological polar surface area (TPSA) is 43.1 Å². The Labute approximate surface area is 105 Å². The molecule has 0 saturated carbocycles. The number of fused-ring (bicyclic) bond motifs is 3. The fourth-order valence-corrected chi connectivity index (χ4v) is 2.48. The third-order valence-corrected chi connectivity index (χ3v) is 3.27. The summed E-state index contributed by atoms with van der Waals surface area (Å²) >= 11 is 5.86. The highest BCUT2D eigenvalue weighted by molar-refractivity contribution is 6.32. The second kappa shape index (κ2) is 3.81. The maximum atomic E-state index is 12.9. The van der Waals surface area contributed by atoms with E-state index in [1.807, 2.05) is 0 Å². The Bertz CT molecular complexity index is 620. The molecule has 96 valence electrons. The summed E-state index contributed by atoms with van der Waals surface area (Å²) in [6.45, 7) is 0. The van der Waals surface area contributed by atoms with Gasteiger partial charge in [-0.2, -0.15) is 13.2 Å². The van der Waals surface area contributed by atoms with E-state index in [1.165, 1.54) is 0 Å². The van der Waals surface area contributed by atoms with Gasteiger partial charge in [0.1, 0.15) is 0 Å². The van der Waals surface area contributed by atoms with Gasteiger partial charge in [0.2, 0.25) is 5.82 Å². The summed E-state index contributed by atoms with van der Waals surface area (Å²) in [6, 6.07) is 0. The van der Waals surface area contributed by atoms with Crippen LogP contribution in [0.15, 0.2) is 0 Å². The highest BCUT2D eigenvalue weighted by atomic mass is 35.5. The molecule has 18 heavy (non-hydrogen) atoms. The minimum absolute atomic E-state index is 0.0235. The van der Waals surface area contributed by atoms with Crippen LogP contribution >= 0.6 is 11.6 Å². The van der Waals surface area contributed by atoms with Crippen molar-refractivity contribution in [1.29, 1.82) is 0 Å². The van der Waals surface area contributed by atoms with Crippen molar-refractivity contribution in [2.45, 2.75) is 31.9 Å². The molecule has 2 aromatic rings. The molecule has 0 unspecified atom stereocenters. The third kappa shape index (κ3) is 1.65. The van der Waals surface area contributed by atoms with Crippen molar-refractivity contribution >= 4 is 17.2 Å². The summed E-state index contributed by atoms with van der Waals surface area (Å²) in [4.78, 5) is 4.11. The van der Waals surface area contributed by atoms with E-state index >= 15 is 0 Å². The van der Waals surface area contributed by atoms with Gasteiger partial charge in [0.25, 0.3) is 0 Å². The van der Waals surface area contributed by atoms with Gasteiger partial charge in [-0.25, -0.2) is 4.98 Å². The van der Waals surface area contributed by atoms with Crippen molar-refractivity contribution in [3.8, 4) is 0 Å². The number of nitrogens with zero attached hydrogens (tertiary/aromatic N) is 4. The van der Waals surface area contributed by atoms with E-state index in [0.717, 1.165) is 17.2 Å². The number of rotatable bonds is 0. The largest absolute Gasteiger partial charge is 0.452 e. The molecule has 0 amide bonds. The molecule has 0 radical (unpaired) electrons. The molecule has 4 nitrogen and oxygen atoms in total. The van der Waals surface area contributed by atoms with Gasteiger partial charge in [-0.15, -0.1) is 10.2 Å². The summed E-state index contributed by atoms with van der Waals surface area (Å²) in [6.07, 6.45) is -1.63. The van der Waals surface area contributed by atoms with Crippen LogP contribution in [0.1, 0.15) is 30.1 Å². The molecule has 1 aliphatic rings. The second-order valence-corrected chi connectivity index (χ2v) is 4.54. The number of alkyl halides is 3. The molecule has 8 heteroatoms. The fourth-order valence-electron chi connectivity index (χ4n) is 2.26. The average molecular weight is 277 g/mol. The molecular formula is C10H8ClF3N4. The third-order valence-electron chi connectivity index (χ3n) is 3.01. The number of aryl methyl sites for hydroxylation is 2. The molecule has 0 N–H and O–H groups in total. The Morgan fingerprint density at radius 3 is 2.56 bits per heavy atom. The van der Waals surface area contributed by atoms with Gasteiger partial charge in [-0.1, -0.05) is 11.6 Å². The van der Waals surface area contributed by atoms with Gasteiger partial charge in [-0.3, -0.25) is 4.40 Å². The van der Waals surface area contributed by atoms with Crippen LogP contribution in [0.25, 0.3) is 5.65 Å². The molecule has 0 atom stereocenters. The van der Waals surface area contributed by atoms with E-state index in [0.29, 0.717) is 24.2 Å². The Hall–Kier alpha value is -1.37. The molecule has 2 aromatic heterocycles. The molecule has 0 aliphatic heterocycles. The predicted octanol–water partition coefficient (Wildman–Crippen LogP) is 2.68. The molecule has 0 fully saturated rings. The first-order valence-electron chi connectivity index (χ1n) is 5.48. The van der Waals surface area contributed by atoms with Gasteiger partial charge in [0.05, 0.1) is 5.69 Å². The van der Waals surface area contributed by atoms with Crippen LogP contribution in [-0.2, 0) is 19.0 Å². The number of aromatic nitrogens is 4. The Balaban J connectivity index is 2.38. The highest BCUT2D eigenvalue weighted by Crippen LogP contribution is 2.32. The summed E-state index contributed by atoms with van der Waals surface area (Å²) in [5, 5.41) is 6.66. The van der Waals surface area contributed by atoms with Crippen molar-refractivity contribution in [3.05, 3.63) is 22.4 Å². The smallest absolute Gasteiger partial charge is 0.271 e. The first-order chi connectivity index (χ1) is 8.48. The van der Waals surface area contributed by atoms with Crippen LogP contribution in [0, 0.1) is 0 Å². The minimum Gasteiger partial charge on any atom is -0.271 e. The Morgan fingerprint density at radius 2 is 1.83 bits per heavy atom. The molecule has 1 aliphatic carbocycles. The number of hydrogen-bond acceptors (Lipinski definition) is 3. The molecule has 0 spiro atoms. The van der Waals surface area contributed by atoms with E-state index in [1.54, 1.807) is 0 Å². The van der Waals surface area contributed by atoms with Crippen molar-refractivity contribution in [1.82, 2.24) is 19.6 Å². The zero-order chi connectivity index (χ0) is 12.9. The molecule has 2 heterocycles. The average Bonchev–Trinajstić information content (AvgIpc) is 2.74. The standard InChI is InChI=1S/C10H8ClF3N4/c11-7-8-16-17-9(10(12,13)14)18(8)6-4-2-1-3-5(6)15-7/h1-4H2. The van der Waals surface area contributed by atoms with E-state index < -0.39 is 12.0 Å². The second-order valence-electron chi connectivity index (χ2n) is 4.18. The van der Waals surface area contributed by atoms with Crippen molar-refractivity contribution in [2.24, 2.45) is 0 Å². The van der Waals surface area contributed by atoms with E-state index in [4.69, 9.17) is 11.6 Å². The number of halogens is 4. The summed E-state index contributed by atoms with van der Waals surface area (Å²) in [5.74, 6) is -1.03. The van der Waals surface area contributed by atoms with Crippen molar-refractivity contribution < 1.29 is 13.2 Å². The first kappa shape index (κ1) is 11.7. The Kier molecular flexibility index (Phi) is 2.48. The minimum atomic E-state index is -4.55. The van der Waals surface area contributed by atoms with Gasteiger partial charge >= 0.3 is 6.18 Å². The molecular weight excluding hydrogens is 269 g/mol. The van der Waals surface area contributed by atoms with E-state index in [2.05, 4.69) is 15.2 Å². The monoisotopic (exact) mass is 276 g/mol. The molecule has 0 bridgehead atoms. The lowest BCUT2D eigenvalue weighted by Gasteiger charge is -2.17. The van der Waals surface area contributed by atoms with Crippen LogP contribution < -0.4 is 0 Å². The maximum absolute atomic E-state index is 12.9.